The van der Waals surface area contributed by atoms with Crippen molar-refractivity contribution in [1.82, 2.24) is 14.8 Å². The third-order valence-electron chi connectivity index (χ3n) is 2.84. The molecule has 0 bridgehead atoms. The molecule has 1 aromatic carbocycles. The Kier molecular flexibility index (Phi) is 2.79. The Morgan fingerprint density at radius 1 is 1.26 bits per heavy atom. The lowest BCUT2D eigenvalue weighted by Crippen LogP contribution is -1.92. The first-order chi connectivity index (χ1) is 9.24. The highest BCUT2D eigenvalue weighted by atomic mass is 16.5. The molecule has 19 heavy (non-hydrogen) atoms. The van der Waals surface area contributed by atoms with Crippen LogP contribution in [0.4, 0.5) is 5.69 Å². The molecule has 3 aromatic rings. The lowest BCUT2D eigenvalue weighted by molar-refractivity contribution is 0.464. The molecule has 0 aliphatic carbocycles. The van der Waals surface area contributed by atoms with Gasteiger partial charge in [-0.05, 0) is 31.2 Å². The van der Waals surface area contributed by atoms with Gasteiger partial charge in [0.05, 0.1) is 17.9 Å². The van der Waals surface area contributed by atoms with E-state index in [9.17, 15) is 0 Å². The van der Waals surface area contributed by atoms with Gasteiger partial charge < -0.3 is 10.5 Å². The molecule has 0 amide bonds. The maximum Gasteiger partial charge on any atom is 0.219 e. The van der Waals surface area contributed by atoms with Crippen LogP contribution >= 0.6 is 0 Å². The Morgan fingerprint density at radius 2 is 2.16 bits per heavy atom. The minimum absolute atomic E-state index is 0.549. The first-order valence-electron chi connectivity index (χ1n) is 6.11. The lowest BCUT2D eigenvalue weighted by atomic mass is 10.2. The van der Waals surface area contributed by atoms with Crippen LogP contribution in [0.25, 0.3) is 10.9 Å². The van der Waals surface area contributed by atoms with Crippen LogP contribution < -0.4 is 10.5 Å². The van der Waals surface area contributed by atoms with Crippen molar-refractivity contribution in [2.75, 3.05) is 5.73 Å². The molecule has 0 saturated carbocycles. The normalized spacial score (nSPS) is 10.8. The van der Waals surface area contributed by atoms with Crippen LogP contribution in [0.3, 0.4) is 0 Å². The lowest BCUT2D eigenvalue weighted by Gasteiger charge is -2.04. The predicted octanol–water partition coefficient (Wildman–Crippen LogP) is 2.83. The molecule has 3 rings (SSSR count). The van der Waals surface area contributed by atoms with Gasteiger partial charge in [0.25, 0.3) is 0 Å². The molecule has 0 unspecified atom stereocenters. The van der Waals surface area contributed by atoms with E-state index < -0.39 is 0 Å². The number of aromatic nitrogens is 3. The number of hydrogen-bond donors (Lipinski definition) is 1. The molecule has 2 N–H and O–H groups in total. The van der Waals surface area contributed by atoms with Gasteiger partial charge in [-0.15, -0.1) is 0 Å². The molecular weight excluding hydrogens is 240 g/mol. The van der Waals surface area contributed by atoms with E-state index in [-0.39, 0.29) is 0 Å². The topological polar surface area (TPSA) is 66.0 Å². The highest BCUT2D eigenvalue weighted by Crippen LogP contribution is 2.23. The number of hydrogen-bond acceptors (Lipinski definition) is 4. The summed E-state index contributed by atoms with van der Waals surface area (Å²) in [7, 11) is 0. The Labute approximate surface area is 110 Å². The van der Waals surface area contributed by atoms with Crippen molar-refractivity contribution in [1.29, 1.82) is 0 Å². The number of nitrogens with two attached hydrogens (primary N) is 1. The summed E-state index contributed by atoms with van der Waals surface area (Å²) < 4.78 is 7.48. The van der Waals surface area contributed by atoms with Gasteiger partial charge in [0, 0.05) is 23.7 Å². The fourth-order valence-electron chi connectivity index (χ4n) is 1.87. The Morgan fingerprint density at radius 3 is 2.95 bits per heavy atom. The molecule has 0 saturated heterocycles. The van der Waals surface area contributed by atoms with Crippen molar-refractivity contribution in [3.63, 3.8) is 0 Å². The van der Waals surface area contributed by atoms with Crippen LogP contribution in [-0.4, -0.2) is 14.8 Å². The van der Waals surface area contributed by atoms with Gasteiger partial charge in [0.2, 0.25) is 5.88 Å². The average molecular weight is 254 g/mol. The third-order valence-corrected chi connectivity index (χ3v) is 2.84. The van der Waals surface area contributed by atoms with Crippen molar-refractivity contribution in [3.8, 4) is 11.6 Å². The van der Waals surface area contributed by atoms with Crippen molar-refractivity contribution in [3.05, 3.63) is 42.7 Å². The number of fused-ring (bicyclic) bond motifs is 1. The third kappa shape index (κ3) is 2.35. The quantitative estimate of drug-likeness (QED) is 0.730. The van der Waals surface area contributed by atoms with Gasteiger partial charge in [-0.2, -0.15) is 5.10 Å². The number of aryl methyl sites for hydroxylation is 1. The smallest absolute Gasteiger partial charge is 0.219 e. The van der Waals surface area contributed by atoms with Gasteiger partial charge in [-0.1, -0.05) is 0 Å². The highest BCUT2D eigenvalue weighted by molar-refractivity contribution is 5.82. The summed E-state index contributed by atoms with van der Waals surface area (Å²) in [5.41, 5.74) is 7.32. The summed E-state index contributed by atoms with van der Waals surface area (Å²) in [6.45, 7) is 2.84. The number of pyridine rings is 1. The van der Waals surface area contributed by atoms with E-state index >= 15 is 0 Å². The first kappa shape index (κ1) is 11.5. The van der Waals surface area contributed by atoms with Crippen LogP contribution in [0.1, 0.15) is 6.92 Å². The van der Waals surface area contributed by atoms with Crippen LogP contribution in [0, 0.1) is 0 Å². The highest BCUT2D eigenvalue weighted by Gasteiger charge is 2.03. The maximum atomic E-state index is 5.73. The van der Waals surface area contributed by atoms with Gasteiger partial charge >= 0.3 is 0 Å². The first-order valence-corrected chi connectivity index (χ1v) is 6.11. The average Bonchev–Trinajstić information content (AvgIpc) is 2.86. The van der Waals surface area contributed by atoms with Crippen LogP contribution in [0.5, 0.6) is 11.6 Å². The number of ether oxygens (including phenoxy) is 1. The molecule has 2 heterocycles. The second-order valence-electron chi connectivity index (χ2n) is 4.24. The molecule has 0 atom stereocenters. The van der Waals surface area contributed by atoms with E-state index in [1.807, 2.05) is 43.5 Å². The van der Waals surface area contributed by atoms with Crippen molar-refractivity contribution in [2.24, 2.45) is 0 Å². The van der Waals surface area contributed by atoms with E-state index in [0.717, 1.165) is 23.1 Å². The molecule has 0 aliphatic heterocycles. The van der Waals surface area contributed by atoms with Crippen LogP contribution in [0.2, 0.25) is 0 Å². The summed E-state index contributed by atoms with van der Waals surface area (Å²) >= 11 is 0. The molecular formula is C14H14N4O. The van der Waals surface area contributed by atoms with Gasteiger partial charge in [0.1, 0.15) is 0 Å². The van der Waals surface area contributed by atoms with Gasteiger partial charge in [0.15, 0.2) is 5.75 Å². The summed E-state index contributed by atoms with van der Waals surface area (Å²) in [6, 6.07) is 9.37. The minimum atomic E-state index is 0.549. The van der Waals surface area contributed by atoms with Gasteiger partial charge in [-0.3, -0.25) is 4.68 Å². The van der Waals surface area contributed by atoms with Crippen molar-refractivity contribution < 1.29 is 4.74 Å². The fraction of sp³-hybridized carbons (Fsp3) is 0.143. The minimum Gasteiger partial charge on any atom is -0.436 e. The second-order valence-corrected chi connectivity index (χ2v) is 4.24. The van der Waals surface area contributed by atoms with Gasteiger partial charge in [-0.25, -0.2) is 4.98 Å². The maximum absolute atomic E-state index is 5.73. The molecule has 0 aliphatic rings. The number of nitrogen functional groups attached to an aromatic ring is 1. The fourth-order valence-corrected chi connectivity index (χ4v) is 1.87. The largest absolute Gasteiger partial charge is 0.436 e. The summed E-state index contributed by atoms with van der Waals surface area (Å²) in [4.78, 5) is 4.43. The van der Waals surface area contributed by atoms with E-state index in [4.69, 9.17) is 10.5 Å². The number of rotatable bonds is 3. The van der Waals surface area contributed by atoms with Crippen molar-refractivity contribution in [2.45, 2.75) is 13.5 Å². The van der Waals surface area contributed by atoms with E-state index in [1.165, 1.54) is 0 Å². The zero-order valence-electron chi connectivity index (χ0n) is 10.6. The van der Waals surface area contributed by atoms with E-state index in [0.29, 0.717) is 11.6 Å². The van der Waals surface area contributed by atoms with E-state index in [1.54, 1.807) is 10.9 Å². The monoisotopic (exact) mass is 254 g/mol. The zero-order valence-corrected chi connectivity index (χ0v) is 10.6. The SMILES string of the molecule is CCn1cc(Oc2ccc3cc(N)ccc3n2)cn1. The summed E-state index contributed by atoms with van der Waals surface area (Å²) in [6.07, 6.45) is 3.52. The predicted molar refractivity (Wildman–Crippen MR) is 74.1 cm³/mol. The van der Waals surface area contributed by atoms with Crippen LogP contribution in [0.15, 0.2) is 42.7 Å². The molecule has 96 valence electrons. The molecule has 5 nitrogen and oxygen atoms in total. The Bertz CT molecular complexity index is 720. The Hall–Kier alpha value is -2.56. The Balaban J connectivity index is 1.90. The number of benzene rings is 1. The zero-order chi connectivity index (χ0) is 13.2. The molecule has 0 fully saturated rings. The van der Waals surface area contributed by atoms with Crippen molar-refractivity contribution >= 4 is 16.6 Å². The molecule has 5 heteroatoms. The standard InChI is InChI=1S/C14H14N4O/c1-2-18-9-12(8-16-18)19-14-6-3-10-7-11(15)4-5-13(10)17-14/h3-9H,2,15H2,1H3. The summed E-state index contributed by atoms with van der Waals surface area (Å²) in [5, 5.41) is 5.15. The molecule has 0 spiro atoms. The second kappa shape index (κ2) is 4.61. The molecule has 2 aromatic heterocycles. The van der Waals surface area contributed by atoms with Crippen LogP contribution in [-0.2, 0) is 6.54 Å². The number of anilines is 1. The summed E-state index contributed by atoms with van der Waals surface area (Å²) in [5.74, 6) is 1.23. The van der Waals surface area contributed by atoms with E-state index in [2.05, 4.69) is 10.1 Å². The molecule has 0 radical (unpaired) electrons. The number of nitrogens with zero attached hydrogens (tertiary/aromatic N) is 3.